The van der Waals surface area contributed by atoms with E-state index in [1.807, 2.05) is 0 Å². The van der Waals surface area contributed by atoms with Crippen molar-refractivity contribution in [1.29, 1.82) is 0 Å². The Balaban J connectivity index is 1.72. The first-order valence-electron chi connectivity index (χ1n) is 7.83. The van der Waals surface area contributed by atoms with Crippen molar-refractivity contribution < 1.29 is 9.47 Å². The van der Waals surface area contributed by atoms with E-state index in [1.54, 1.807) is 0 Å². The van der Waals surface area contributed by atoms with Crippen molar-refractivity contribution in [3.63, 3.8) is 0 Å². The van der Waals surface area contributed by atoms with Gasteiger partial charge in [0.15, 0.2) is 6.29 Å². The fourth-order valence-electron chi connectivity index (χ4n) is 3.07. The molecule has 3 atom stereocenters. The molecule has 0 bridgehead atoms. The molecule has 2 aliphatic heterocycles. The molecule has 2 aliphatic rings. The number of nitrogens with zero attached hydrogens (tertiary/aromatic N) is 1. The van der Waals surface area contributed by atoms with Crippen LogP contribution in [0, 0.1) is 5.92 Å². The Morgan fingerprint density at radius 3 is 2.67 bits per heavy atom. The van der Waals surface area contributed by atoms with Crippen molar-refractivity contribution in [2.45, 2.75) is 64.8 Å². The second kappa shape index (κ2) is 7.46. The number of ether oxygens (including phenoxy) is 2. The Kier molecular flexibility index (Phi) is 5.93. The molecule has 0 aliphatic carbocycles. The first-order chi connectivity index (χ1) is 8.83. The molecule has 0 radical (unpaired) electrons. The fraction of sp³-hybridized carbons (Fsp3) is 1.00. The van der Waals surface area contributed by atoms with Crippen LogP contribution in [0.25, 0.3) is 0 Å². The molecule has 0 amide bonds. The Hall–Kier alpha value is -0.120. The van der Waals surface area contributed by atoms with E-state index < -0.39 is 0 Å². The second-order valence-electron chi connectivity index (χ2n) is 5.78. The summed E-state index contributed by atoms with van der Waals surface area (Å²) >= 11 is 0. The summed E-state index contributed by atoms with van der Waals surface area (Å²) in [5.74, 6) is 0.591. The summed E-state index contributed by atoms with van der Waals surface area (Å²) in [4.78, 5) is 2.52. The van der Waals surface area contributed by atoms with Gasteiger partial charge in [-0.05, 0) is 38.8 Å². The van der Waals surface area contributed by atoms with Gasteiger partial charge in [-0.25, -0.2) is 0 Å². The van der Waals surface area contributed by atoms with Crippen LogP contribution >= 0.6 is 0 Å². The maximum absolute atomic E-state index is 6.11. The largest absolute Gasteiger partial charge is 0.350 e. The number of hydrogen-bond acceptors (Lipinski definition) is 3. The molecule has 0 aromatic carbocycles. The molecule has 2 rings (SSSR count). The fourth-order valence-corrected chi connectivity index (χ4v) is 3.07. The lowest BCUT2D eigenvalue weighted by atomic mass is 9.99. The average Bonchev–Trinajstić information content (AvgIpc) is 3.03. The normalized spacial score (nSPS) is 31.0. The molecule has 18 heavy (non-hydrogen) atoms. The van der Waals surface area contributed by atoms with Crippen LogP contribution in [0.2, 0.25) is 0 Å². The van der Waals surface area contributed by atoms with Gasteiger partial charge in [0.25, 0.3) is 0 Å². The molecule has 0 N–H and O–H groups in total. The number of rotatable bonds is 7. The van der Waals surface area contributed by atoms with Crippen molar-refractivity contribution in [3.8, 4) is 0 Å². The maximum atomic E-state index is 6.11. The monoisotopic (exact) mass is 255 g/mol. The van der Waals surface area contributed by atoms with E-state index >= 15 is 0 Å². The first-order valence-corrected chi connectivity index (χ1v) is 7.83. The van der Waals surface area contributed by atoms with Crippen LogP contribution in [0.5, 0.6) is 0 Å². The Bertz CT molecular complexity index is 229. The lowest BCUT2D eigenvalue weighted by Gasteiger charge is -2.22. The van der Waals surface area contributed by atoms with Crippen LogP contribution in [0.3, 0.4) is 0 Å². The minimum atomic E-state index is 0.0640. The van der Waals surface area contributed by atoms with Crippen molar-refractivity contribution in [2.24, 2.45) is 5.92 Å². The lowest BCUT2D eigenvalue weighted by Crippen LogP contribution is -2.32. The van der Waals surface area contributed by atoms with Gasteiger partial charge in [-0.15, -0.1) is 0 Å². The summed E-state index contributed by atoms with van der Waals surface area (Å²) in [5.41, 5.74) is 0. The molecule has 3 nitrogen and oxygen atoms in total. The highest BCUT2D eigenvalue weighted by Crippen LogP contribution is 2.26. The predicted octanol–water partition coefficient (Wildman–Crippen LogP) is 3.04. The molecular weight excluding hydrogens is 226 g/mol. The molecule has 2 saturated heterocycles. The highest BCUT2D eigenvalue weighted by Gasteiger charge is 2.32. The van der Waals surface area contributed by atoms with Crippen LogP contribution in [0.15, 0.2) is 0 Å². The second-order valence-corrected chi connectivity index (χ2v) is 5.78. The zero-order valence-electron chi connectivity index (χ0n) is 12.1. The Morgan fingerprint density at radius 1 is 1.22 bits per heavy atom. The number of unbranched alkanes of at least 4 members (excludes halogenated alkanes) is 1. The highest BCUT2D eigenvalue weighted by molar-refractivity contribution is 4.76. The minimum absolute atomic E-state index is 0.0640. The Labute approximate surface area is 112 Å². The zero-order chi connectivity index (χ0) is 12.8. The third kappa shape index (κ3) is 3.94. The first kappa shape index (κ1) is 14.3. The summed E-state index contributed by atoms with van der Waals surface area (Å²) < 4.78 is 12.0. The van der Waals surface area contributed by atoms with E-state index in [0.29, 0.717) is 12.0 Å². The van der Waals surface area contributed by atoms with Gasteiger partial charge in [0.05, 0.1) is 12.7 Å². The highest BCUT2D eigenvalue weighted by atomic mass is 16.7. The summed E-state index contributed by atoms with van der Waals surface area (Å²) in [5, 5.41) is 0. The molecule has 0 aromatic heterocycles. The van der Waals surface area contributed by atoms with Gasteiger partial charge in [-0.1, -0.05) is 26.7 Å². The quantitative estimate of drug-likeness (QED) is 0.698. The number of likely N-dealkylation sites (tertiary alicyclic amines) is 1. The molecule has 0 spiro atoms. The molecule has 0 aromatic rings. The van der Waals surface area contributed by atoms with Gasteiger partial charge in [0.2, 0.25) is 0 Å². The number of hydrogen-bond donors (Lipinski definition) is 0. The van der Waals surface area contributed by atoms with Gasteiger partial charge >= 0.3 is 0 Å². The summed E-state index contributed by atoms with van der Waals surface area (Å²) in [7, 11) is 0. The van der Waals surface area contributed by atoms with Crippen molar-refractivity contribution in [2.75, 3.05) is 26.2 Å². The molecular formula is C15H29NO2. The predicted molar refractivity (Wildman–Crippen MR) is 73.6 cm³/mol. The topological polar surface area (TPSA) is 21.7 Å². The molecule has 3 heteroatoms. The average molecular weight is 255 g/mol. The van der Waals surface area contributed by atoms with E-state index in [2.05, 4.69) is 18.7 Å². The van der Waals surface area contributed by atoms with Crippen LogP contribution in [0.1, 0.15) is 52.4 Å². The van der Waals surface area contributed by atoms with Gasteiger partial charge in [-0.3, -0.25) is 0 Å². The summed E-state index contributed by atoms with van der Waals surface area (Å²) in [6.07, 6.45) is 8.04. The molecule has 106 valence electrons. The smallest absolute Gasteiger partial charge is 0.161 e. The van der Waals surface area contributed by atoms with Crippen LogP contribution in [0.4, 0.5) is 0 Å². The van der Waals surface area contributed by atoms with E-state index in [9.17, 15) is 0 Å². The van der Waals surface area contributed by atoms with Gasteiger partial charge in [-0.2, -0.15) is 0 Å². The van der Waals surface area contributed by atoms with E-state index in [4.69, 9.17) is 9.47 Å². The Morgan fingerprint density at radius 2 is 2.00 bits per heavy atom. The standard InChI is InChI=1S/C15H29NO2/c1-3-5-8-13(4-2)15-17-12-14(18-15)11-16-9-6-7-10-16/h13-15H,3-12H2,1-2H3/t13-,14+,15+/m0/s1. The third-order valence-corrected chi connectivity index (χ3v) is 4.27. The zero-order valence-corrected chi connectivity index (χ0v) is 12.1. The van der Waals surface area contributed by atoms with E-state index in [0.717, 1.165) is 13.2 Å². The molecule has 0 saturated carbocycles. The van der Waals surface area contributed by atoms with E-state index in [1.165, 1.54) is 51.6 Å². The third-order valence-electron chi connectivity index (χ3n) is 4.27. The van der Waals surface area contributed by atoms with E-state index in [-0.39, 0.29) is 6.29 Å². The molecule has 0 unspecified atom stereocenters. The SMILES string of the molecule is CCCC[C@H](CC)[C@@H]1OC[C@@H](CN2CCCC2)O1. The van der Waals surface area contributed by atoms with Gasteiger partial charge < -0.3 is 14.4 Å². The van der Waals surface area contributed by atoms with Crippen LogP contribution < -0.4 is 0 Å². The lowest BCUT2D eigenvalue weighted by molar-refractivity contribution is -0.102. The van der Waals surface area contributed by atoms with Crippen molar-refractivity contribution in [1.82, 2.24) is 4.90 Å². The molecule has 2 heterocycles. The van der Waals surface area contributed by atoms with Gasteiger partial charge in [0, 0.05) is 12.5 Å². The maximum Gasteiger partial charge on any atom is 0.161 e. The van der Waals surface area contributed by atoms with Gasteiger partial charge in [0.1, 0.15) is 0 Å². The van der Waals surface area contributed by atoms with Crippen molar-refractivity contribution >= 4 is 0 Å². The summed E-state index contributed by atoms with van der Waals surface area (Å²) in [6, 6.07) is 0. The molecule has 2 fully saturated rings. The van der Waals surface area contributed by atoms with Crippen molar-refractivity contribution in [3.05, 3.63) is 0 Å². The van der Waals surface area contributed by atoms with Crippen LogP contribution in [-0.2, 0) is 9.47 Å². The minimum Gasteiger partial charge on any atom is -0.350 e. The van der Waals surface area contributed by atoms with Crippen LogP contribution in [-0.4, -0.2) is 43.5 Å². The summed E-state index contributed by atoms with van der Waals surface area (Å²) in [6.45, 7) is 8.86.